The minimum absolute atomic E-state index is 0.332. The van der Waals surface area contributed by atoms with Gasteiger partial charge in [0.15, 0.2) is 0 Å². The first-order chi connectivity index (χ1) is 12.5. The molecule has 0 aliphatic rings. The number of nitrogens with zero attached hydrogens (tertiary/aromatic N) is 3. The Kier molecular flexibility index (Phi) is 5.34. The van der Waals surface area contributed by atoms with Gasteiger partial charge in [-0.15, -0.1) is 0 Å². The Balaban J connectivity index is 2.32. The van der Waals surface area contributed by atoms with Gasteiger partial charge in [-0.3, -0.25) is 0 Å². The van der Waals surface area contributed by atoms with Crippen molar-refractivity contribution >= 4 is 34.1 Å². The first kappa shape index (κ1) is 18.5. The summed E-state index contributed by atoms with van der Waals surface area (Å²) in [6, 6.07) is 3.44. The second kappa shape index (κ2) is 7.51. The summed E-state index contributed by atoms with van der Waals surface area (Å²) in [7, 11) is 4.58. The average Bonchev–Trinajstić information content (AvgIpc) is 2.67. The molecule has 0 amide bonds. The predicted octanol–water partition coefficient (Wildman–Crippen LogP) is 4.59. The van der Waals surface area contributed by atoms with Gasteiger partial charge in [0.1, 0.15) is 22.8 Å². The fourth-order valence-corrected chi connectivity index (χ4v) is 3.29. The van der Waals surface area contributed by atoms with Crippen LogP contribution in [0.5, 0.6) is 17.4 Å². The third kappa shape index (κ3) is 3.10. The molecule has 2 heterocycles. The Morgan fingerprint density at radius 1 is 0.923 bits per heavy atom. The summed E-state index contributed by atoms with van der Waals surface area (Å²) in [5.74, 6) is 1.94. The van der Waals surface area contributed by atoms with E-state index in [4.69, 9.17) is 37.4 Å². The highest BCUT2D eigenvalue weighted by atomic mass is 35.5. The van der Waals surface area contributed by atoms with E-state index in [9.17, 15) is 0 Å². The quantitative estimate of drug-likeness (QED) is 0.631. The average molecular weight is 394 g/mol. The van der Waals surface area contributed by atoms with Gasteiger partial charge in [0.05, 0.1) is 37.1 Å². The zero-order valence-corrected chi connectivity index (χ0v) is 16.3. The fraction of sp³-hybridized carbons (Fsp3) is 0.278. The van der Waals surface area contributed by atoms with Gasteiger partial charge >= 0.3 is 0 Å². The van der Waals surface area contributed by atoms with Crippen LogP contribution in [-0.2, 0) is 6.42 Å². The second-order valence-electron chi connectivity index (χ2n) is 5.38. The lowest BCUT2D eigenvalue weighted by Gasteiger charge is -2.15. The smallest absolute Gasteiger partial charge is 0.241 e. The monoisotopic (exact) mass is 393 g/mol. The summed E-state index contributed by atoms with van der Waals surface area (Å²) >= 11 is 13.0. The minimum Gasteiger partial charge on any atom is -0.495 e. The molecule has 8 heteroatoms. The highest BCUT2D eigenvalue weighted by Crippen LogP contribution is 2.46. The molecule has 2 aromatic heterocycles. The van der Waals surface area contributed by atoms with Crippen molar-refractivity contribution in [2.24, 2.45) is 0 Å². The number of hydrogen-bond donors (Lipinski definition) is 0. The lowest BCUT2D eigenvalue weighted by atomic mass is 10.1. The summed E-state index contributed by atoms with van der Waals surface area (Å²) in [4.78, 5) is 13.4. The first-order valence-electron chi connectivity index (χ1n) is 7.85. The molecule has 6 nitrogen and oxygen atoms in total. The van der Waals surface area contributed by atoms with Crippen molar-refractivity contribution < 1.29 is 14.2 Å². The van der Waals surface area contributed by atoms with E-state index in [2.05, 4.69) is 15.0 Å². The number of aromatic nitrogens is 3. The van der Waals surface area contributed by atoms with E-state index in [1.165, 1.54) is 21.3 Å². The number of rotatable bonds is 5. The van der Waals surface area contributed by atoms with E-state index in [-0.39, 0.29) is 0 Å². The number of ether oxygens (including phenoxy) is 3. The Bertz CT molecular complexity index is 952. The van der Waals surface area contributed by atoms with Crippen molar-refractivity contribution in [2.45, 2.75) is 13.3 Å². The third-order valence-electron chi connectivity index (χ3n) is 3.92. The molecule has 3 aromatic rings. The normalized spacial score (nSPS) is 10.8. The van der Waals surface area contributed by atoms with Crippen LogP contribution in [0.25, 0.3) is 22.2 Å². The predicted molar refractivity (Wildman–Crippen MR) is 102 cm³/mol. The third-order valence-corrected chi connectivity index (χ3v) is 4.67. The van der Waals surface area contributed by atoms with Crippen LogP contribution in [0.4, 0.5) is 0 Å². The van der Waals surface area contributed by atoms with Gasteiger partial charge in [-0.1, -0.05) is 30.1 Å². The molecule has 0 N–H and O–H groups in total. The fourth-order valence-electron chi connectivity index (χ4n) is 2.60. The van der Waals surface area contributed by atoms with E-state index < -0.39 is 0 Å². The van der Waals surface area contributed by atoms with Crippen LogP contribution in [0.3, 0.4) is 0 Å². The van der Waals surface area contributed by atoms with Crippen LogP contribution in [0.2, 0.25) is 10.0 Å². The van der Waals surface area contributed by atoms with E-state index in [1.807, 2.05) is 13.0 Å². The molecule has 0 fully saturated rings. The van der Waals surface area contributed by atoms with Crippen molar-refractivity contribution in [1.82, 2.24) is 15.0 Å². The lowest BCUT2D eigenvalue weighted by molar-refractivity contribution is 0.394. The number of pyridine rings is 1. The van der Waals surface area contributed by atoms with Crippen LogP contribution in [0.1, 0.15) is 12.7 Å². The highest BCUT2D eigenvalue weighted by molar-refractivity contribution is 6.41. The maximum Gasteiger partial charge on any atom is 0.241 e. The molecule has 0 bridgehead atoms. The molecule has 0 radical (unpaired) electrons. The number of hydrogen-bond acceptors (Lipinski definition) is 6. The van der Waals surface area contributed by atoms with E-state index >= 15 is 0 Å². The molecule has 1 aromatic carbocycles. The number of methoxy groups -OCH3 is 3. The number of halogens is 2. The molecule has 0 unspecified atom stereocenters. The van der Waals surface area contributed by atoms with Crippen molar-refractivity contribution in [3.63, 3.8) is 0 Å². The van der Waals surface area contributed by atoms with E-state index in [1.54, 1.807) is 12.3 Å². The summed E-state index contributed by atoms with van der Waals surface area (Å²) in [5.41, 5.74) is 1.63. The highest BCUT2D eigenvalue weighted by Gasteiger charge is 2.21. The van der Waals surface area contributed by atoms with Gasteiger partial charge in [0, 0.05) is 29.6 Å². The Labute approximate surface area is 161 Å². The Morgan fingerprint density at radius 3 is 2.12 bits per heavy atom. The SMILES string of the molecule is CCc1ncc2cc(-c3c(Cl)c(OC)cc(OC)c3Cl)nc(OC)c2n1. The summed E-state index contributed by atoms with van der Waals surface area (Å²) in [6.07, 6.45) is 2.44. The molecule has 3 rings (SSSR count). The van der Waals surface area contributed by atoms with Gasteiger partial charge in [0.25, 0.3) is 0 Å². The van der Waals surface area contributed by atoms with E-state index in [0.717, 1.165) is 5.39 Å². The molecule has 0 spiro atoms. The van der Waals surface area contributed by atoms with Gasteiger partial charge < -0.3 is 14.2 Å². The minimum atomic E-state index is 0.332. The zero-order valence-electron chi connectivity index (χ0n) is 14.8. The number of fused-ring (bicyclic) bond motifs is 1. The summed E-state index contributed by atoms with van der Waals surface area (Å²) in [5, 5.41) is 1.43. The van der Waals surface area contributed by atoms with Crippen LogP contribution in [-0.4, -0.2) is 36.3 Å². The standard InChI is InChI=1S/C18H17Cl2N3O3/c1-5-13-21-8-9-6-10(22-18(26-4)17(9)23-13)14-15(19)11(24-2)7-12(25-3)16(14)20/h6-8H,5H2,1-4H3. The van der Waals surface area contributed by atoms with Crippen LogP contribution >= 0.6 is 23.2 Å². The topological polar surface area (TPSA) is 66.4 Å². The first-order valence-corrected chi connectivity index (χ1v) is 8.60. The molecule has 0 saturated heterocycles. The molecule has 0 saturated carbocycles. The summed E-state index contributed by atoms with van der Waals surface area (Å²) < 4.78 is 16.1. The van der Waals surface area contributed by atoms with Crippen molar-refractivity contribution in [2.75, 3.05) is 21.3 Å². The zero-order chi connectivity index (χ0) is 18.8. The number of aryl methyl sites for hydroxylation is 1. The van der Waals surface area contributed by atoms with Gasteiger partial charge in [0.2, 0.25) is 5.88 Å². The van der Waals surface area contributed by atoms with Crippen LogP contribution < -0.4 is 14.2 Å². The largest absolute Gasteiger partial charge is 0.495 e. The maximum atomic E-state index is 6.49. The Hall–Kier alpha value is -2.31. The molecule has 0 aliphatic heterocycles. The number of benzene rings is 1. The van der Waals surface area contributed by atoms with E-state index in [0.29, 0.717) is 56.4 Å². The molecule has 26 heavy (non-hydrogen) atoms. The summed E-state index contributed by atoms with van der Waals surface area (Å²) in [6.45, 7) is 1.98. The van der Waals surface area contributed by atoms with Crippen molar-refractivity contribution in [3.8, 4) is 28.6 Å². The molecular formula is C18H17Cl2N3O3. The molecule has 136 valence electrons. The molecule has 0 aliphatic carbocycles. The van der Waals surface area contributed by atoms with Gasteiger partial charge in [-0.05, 0) is 6.07 Å². The van der Waals surface area contributed by atoms with Crippen molar-refractivity contribution in [3.05, 3.63) is 34.2 Å². The lowest BCUT2D eigenvalue weighted by Crippen LogP contribution is -2.00. The van der Waals surface area contributed by atoms with Crippen LogP contribution in [0, 0.1) is 0 Å². The second-order valence-corrected chi connectivity index (χ2v) is 6.13. The van der Waals surface area contributed by atoms with Gasteiger partial charge in [-0.2, -0.15) is 0 Å². The molecular weight excluding hydrogens is 377 g/mol. The van der Waals surface area contributed by atoms with Gasteiger partial charge in [-0.25, -0.2) is 15.0 Å². The maximum absolute atomic E-state index is 6.49. The van der Waals surface area contributed by atoms with Crippen molar-refractivity contribution in [1.29, 1.82) is 0 Å². The van der Waals surface area contributed by atoms with Crippen LogP contribution in [0.15, 0.2) is 18.3 Å². The molecule has 0 atom stereocenters. The Morgan fingerprint density at radius 2 is 1.58 bits per heavy atom.